The van der Waals surface area contributed by atoms with Crippen molar-refractivity contribution in [2.75, 3.05) is 13.1 Å². The molecule has 0 saturated heterocycles. The van der Waals surface area contributed by atoms with Crippen molar-refractivity contribution in [2.24, 2.45) is 0 Å². The molecule has 2 N–H and O–H groups in total. The summed E-state index contributed by atoms with van der Waals surface area (Å²) in [6, 6.07) is 11.2. The zero-order valence-electron chi connectivity index (χ0n) is 16.4. The van der Waals surface area contributed by atoms with E-state index in [1.165, 1.54) is 12.1 Å². The molecule has 0 bridgehead atoms. The molecule has 156 valence electrons. The fourth-order valence-electron chi connectivity index (χ4n) is 3.03. The highest BCUT2D eigenvalue weighted by Crippen LogP contribution is 2.21. The first kappa shape index (κ1) is 23.2. The molecule has 3 aromatic rings. The van der Waals surface area contributed by atoms with Gasteiger partial charge >= 0.3 is 0 Å². The molecule has 29 heavy (non-hydrogen) atoms. The molecule has 0 amide bonds. The number of halogens is 2. The van der Waals surface area contributed by atoms with Crippen LogP contribution in [0.15, 0.2) is 59.8 Å². The van der Waals surface area contributed by atoms with E-state index in [2.05, 4.69) is 15.0 Å². The van der Waals surface area contributed by atoms with Crippen molar-refractivity contribution >= 4 is 33.2 Å². The molecule has 0 aliphatic rings. The highest BCUT2D eigenvalue weighted by Gasteiger charge is 2.18. The van der Waals surface area contributed by atoms with Crippen molar-refractivity contribution in [1.29, 1.82) is 0 Å². The topological polar surface area (TPSA) is 71.1 Å². The van der Waals surface area contributed by atoms with Crippen LogP contribution in [0.25, 0.3) is 10.8 Å². The number of fused-ring (bicyclic) bond motifs is 1. The van der Waals surface area contributed by atoms with Crippen LogP contribution in [0.4, 0.5) is 4.39 Å². The van der Waals surface area contributed by atoms with E-state index in [9.17, 15) is 12.8 Å². The normalized spacial score (nSPS) is 12.5. The number of rotatable bonds is 8. The summed E-state index contributed by atoms with van der Waals surface area (Å²) in [5.74, 6) is -0.250. The third-order valence-corrected chi connectivity index (χ3v) is 6.14. The number of aromatic nitrogens is 1. The first-order valence-corrected chi connectivity index (χ1v) is 10.7. The van der Waals surface area contributed by atoms with Gasteiger partial charge in [0.1, 0.15) is 5.82 Å². The van der Waals surface area contributed by atoms with Gasteiger partial charge in [0.2, 0.25) is 10.0 Å². The van der Waals surface area contributed by atoms with Gasteiger partial charge in [0.15, 0.2) is 0 Å². The minimum atomic E-state index is -3.61. The van der Waals surface area contributed by atoms with Crippen LogP contribution >= 0.6 is 12.4 Å². The third-order valence-electron chi connectivity index (χ3n) is 4.55. The van der Waals surface area contributed by atoms with Gasteiger partial charge in [0.25, 0.3) is 0 Å². The standard InChI is InChI=1S/C21H24FN3O2S.ClH/c1-15-12-24-14-18-5-8-20(11-21(15)18)28(26,27)25-16(2)13-23-10-9-17-3-6-19(22)7-4-17;/h3-8,11-12,14,16,23,25H,9-10,13H2,1-2H3;1H. The monoisotopic (exact) mass is 437 g/mol. The number of benzene rings is 2. The molecule has 0 spiro atoms. The lowest BCUT2D eigenvalue weighted by Gasteiger charge is -2.15. The lowest BCUT2D eigenvalue weighted by molar-refractivity contribution is 0.537. The number of hydrogen-bond acceptors (Lipinski definition) is 4. The van der Waals surface area contributed by atoms with Gasteiger partial charge in [-0.3, -0.25) is 4.98 Å². The maximum absolute atomic E-state index is 12.9. The van der Waals surface area contributed by atoms with Crippen molar-refractivity contribution < 1.29 is 12.8 Å². The Bertz CT molecular complexity index is 1060. The maximum Gasteiger partial charge on any atom is 0.240 e. The predicted molar refractivity (Wildman–Crippen MR) is 116 cm³/mol. The van der Waals surface area contributed by atoms with Crippen molar-refractivity contribution in [1.82, 2.24) is 15.0 Å². The Labute approximate surface area is 177 Å². The van der Waals surface area contributed by atoms with Crippen LogP contribution in [-0.2, 0) is 16.4 Å². The van der Waals surface area contributed by atoms with Crippen molar-refractivity contribution in [3.63, 3.8) is 0 Å². The second kappa shape index (κ2) is 10.1. The van der Waals surface area contributed by atoms with Crippen LogP contribution in [0.2, 0.25) is 0 Å². The van der Waals surface area contributed by atoms with E-state index < -0.39 is 10.0 Å². The number of sulfonamides is 1. The van der Waals surface area contributed by atoms with Gasteiger partial charge in [-0.15, -0.1) is 12.4 Å². The van der Waals surface area contributed by atoms with E-state index in [1.807, 2.05) is 13.8 Å². The molecule has 5 nitrogen and oxygen atoms in total. The highest BCUT2D eigenvalue weighted by molar-refractivity contribution is 7.89. The summed E-state index contributed by atoms with van der Waals surface area (Å²) in [7, 11) is -3.61. The number of nitrogens with one attached hydrogen (secondary N) is 2. The van der Waals surface area contributed by atoms with Crippen LogP contribution in [-0.4, -0.2) is 32.5 Å². The Morgan fingerprint density at radius 1 is 1.10 bits per heavy atom. The molecular formula is C21H25ClFN3O2S. The van der Waals surface area contributed by atoms with Gasteiger partial charge in [-0.05, 0) is 67.6 Å². The number of nitrogens with zero attached hydrogens (tertiary/aromatic N) is 1. The summed E-state index contributed by atoms with van der Waals surface area (Å²) in [5, 5.41) is 5.02. The van der Waals surface area contributed by atoms with Gasteiger partial charge in [0.05, 0.1) is 4.90 Å². The zero-order chi connectivity index (χ0) is 20.1. The van der Waals surface area contributed by atoms with E-state index in [0.29, 0.717) is 13.1 Å². The van der Waals surface area contributed by atoms with Gasteiger partial charge in [-0.2, -0.15) is 0 Å². The Morgan fingerprint density at radius 2 is 1.83 bits per heavy atom. The van der Waals surface area contributed by atoms with E-state index in [1.54, 1.807) is 42.7 Å². The number of pyridine rings is 1. The summed E-state index contributed by atoms with van der Waals surface area (Å²) in [4.78, 5) is 4.37. The second-order valence-electron chi connectivity index (χ2n) is 6.94. The Balaban J connectivity index is 0.00000300. The molecule has 8 heteroatoms. The molecule has 0 radical (unpaired) electrons. The third kappa shape index (κ3) is 6.21. The summed E-state index contributed by atoms with van der Waals surface area (Å²) >= 11 is 0. The average molecular weight is 438 g/mol. The molecule has 1 heterocycles. The molecule has 1 aromatic heterocycles. The van der Waals surface area contributed by atoms with E-state index in [-0.39, 0.29) is 29.2 Å². The van der Waals surface area contributed by atoms with Gasteiger partial charge in [-0.25, -0.2) is 17.5 Å². The highest BCUT2D eigenvalue weighted by atomic mass is 35.5. The Hall–Kier alpha value is -2.06. The minimum Gasteiger partial charge on any atom is -0.315 e. The van der Waals surface area contributed by atoms with Crippen LogP contribution in [0.5, 0.6) is 0 Å². The summed E-state index contributed by atoms with van der Waals surface area (Å²) in [6.07, 6.45) is 4.19. The molecule has 3 rings (SSSR count). The van der Waals surface area contributed by atoms with E-state index >= 15 is 0 Å². The molecule has 0 saturated carbocycles. The van der Waals surface area contributed by atoms with Crippen LogP contribution < -0.4 is 10.0 Å². The maximum atomic E-state index is 12.9. The quantitative estimate of drug-likeness (QED) is 0.528. The Kier molecular flexibility index (Phi) is 8.10. The fraction of sp³-hybridized carbons (Fsp3) is 0.286. The summed E-state index contributed by atoms with van der Waals surface area (Å²) < 4.78 is 41.0. The van der Waals surface area contributed by atoms with Crippen LogP contribution in [0.3, 0.4) is 0 Å². The lowest BCUT2D eigenvalue weighted by atomic mass is 10.1. The fourth-order valence-corrected chi connectivity index (χ4v) is 4.30. The van der Waals surface area contributed by atoms with E-state index in [4.69, 9.17) is 0 Å². The molecule has 1 atom stereocenters. The molecule has 2 aromatic carbocycles. The number of aryl methyl sites for hydroxylation is 1. The SMILES string of the molecule is Cc1cncc2ccc(S(=O)(=O)NC(C)CNCCc3ccc(F)cc3)cc12.Cl. The van der Waals surface area contributed by atoms with Crippen molar-refractivity contribution in [3.8, 4) is 0 Å². The number of hydrogen-bond donors (Lipinski definition) is 2. The largest absolute Gasteiger partial charge is 0.315 e. The summed E-state index contributed by atoms with van der Waals surface area (Å²) in [5.41, 5.74) is 1.97. The summed E-state index contributed by atoms with van der Waals surface area (Å²) in [6.45, 7) is 4.91. The second-order valence-corrected chi connectivity index (χ2v) is 8.66. The zero-order valence-corrected chi connectivity index (χ0v) is 18.0. The van der Waals surface area contributed by atoms with Gasteiger partial charge in [-0.1, -0.05) is 18.2 Å². The first-order chi connectivity index (χ1) is 13.3. The van der Waals surface area contributed by atoms with Gasteiger partial charge < -0.3 is 5.32 Å². The first-order valence-electron chi connectivity index (χ1n) is 9.17. The average Bonchev–Trinajstić information content (AvgIpc) is 2.66. The smallest absolute Gasteiger partial charge is 0.240 e. The molecular weight excluding hydrogens is 413 g/mol. The predicted octanol–water partition coefficient (Wildman–Crippen LogP) is 3.60. The lowest BCUT2D eigenvalue weighted by Crippen LogP contribution is -2.40. The van der Waals surface area contributed by atoms with Gasteiger partial charge in [0, 0.05) is 30.4 Å². The molecule has 0 fully saturated rings. The minimum absolute atomic E-state index is 0. The molecule has 0 aliphatic carbocycles. The van der Waals surface area contributed by atoms with E-state index in [0.717, 1.165) is 28.3 Å². The molecule has 1 unspecified atom stereocenters. The van der Waals surface area contributed by atoms with Crippen LogP contribution in [0.1, 0.15) is 18.1 Å². The van der Waals surface area contributed by atoms with Crippen molar-refractivity contribution in [3.05, 3.63) is 71.8 Å². The van der Waals surface area contributed by atoms with Crippen LogP contribution in [0, 0.1) is 12.7 Å². The van der Waals surface area contributed by atoms with Crippen molar-refractivity contribution in [2.45, 2.75) is 31.2 Å². The Morgan fingerprint density at radius 3 is 2.55 bits per heavy atom. The molecule has 0 aliphatic heterocycles.